The van der Waals surface area contributed by atoms with Crippen LogP contribution >= 0.6 is 0 Å². The summed E-state index contributed by atoms with van der Waals surface area (Å²) >= 11 is 0. The largest absolute Gasteiger partial charge is 0.391 e. The zero-order chi connectivity index (χ0) is 15.5. The van der Waals surface area contributed by atoms with Crippen LogP contribution < -0.4 is 0 Å². The summed E-state index contributed by atoms with van der Waals surface area (Å²) in [6.07, 6.45) is 5.61. The number of nitrogens with zero attached hydrogens (tertiary/aromatic N) is 1. The van der Waals surface area contributed by atoms with Gasteiger partial charge >= 0.3 is 0 Å². The Kier molecular flexibility index (Phi) is 5.45. The Morgan fingerprint density at radius 2 is 1.67 bits per heavy atom. The average Bonchev–Trinajstić information content (AvgIpc) is 2.72. The molecule has 1 aromatic rings. The van der Waals surface area contributed by atoms with Crippen molar-refractivity contribution in [2.75, 3.05) is 13.1 Å². The van der Waals surface area contributed by atoms with E-state index >= 15 is 0 Å². The van der Waals surface area contributed by atoms with Gasteiger partial charge in [0.25, 0.3) is 0 Å². The van der Waals surface area contributed by atoms with Crippen molar-refractivity contribution in [1.82, 2.24) is 4.90 Å². The summed E-state index contributed by atoms with van der Waals surface area (Å²) in [5.74, 6) is 0. The summed E-state index contributed by atoms with van der Waals surface area (Å²) in [4.78, 5) is 2.49. The second kappa shape index (κ2) is 6.93. The first-order valence-corrected chi connectivity index (χ1v) is 8.40. The lowest BCUT2D eigenvalue weighted by Gasteiger charge is -2.41. The zero-order valence-corrected chi connectivity index (χ0v) is 14.2. The van der Waals surface area contributed by atoms with E-state index in [1.54, 1.807) is 0 Å². The van der Waals surface area contributed by atoms with Crippen LogP contribution in [0.2, 0.25) is 0 Å². The van der Waals surface area contributed by atoms with Gasteiger partial charge in [-0.25, -0.2) is 0 Å². The van der Waals surface area contributed by atoms with Crippen LogP contribution in [0, 0.1) is 13.8 Å². The van der Waals surface area contributed by atoms with Gasteiger partial charge in [0.05, 0.1) is 6.10 Å². The lowest BCUT2D eigenvalue weighted by Crippen LogP contribution is -2.53. The van der Waals surface area contributed by atoms with Crippen molar-refractivity contribution in [2.24, 2.45) is 0 Å². The highest BCUT2D eigenvalue weighted by Gasteiger charge is 2.34. The number of hydrogen-bond donors (Lipinski definition) is 1. The van der Waals surface area contributed by atoms with E-state index in [2.05, 4.69) is 50.8 Å². The molecule has 1 aromatic carbocycles. The van der Waals surface area contributed by atoms with Crippen molar-refractivity contribution in [3.8, 4) is 0 Å². The molecule has 0 radical (unpaired) electrons. The van der Waals surface area contributed by atoms with Gasteiger partial charge in [-0.15, -0.1) is 0 Å². The maximum Gasteiger partial charge on any atom is 0.0758 e. The molecule has 0 bridgehead atoms. The molecular weight excluding hydrogens is 258 g/mol. The number of aliphatic hydroxyl groups is 1. The van der Waals surface area contributed by atoms with Gasteiger partial charge in [-0.05, 0) is 70.3 Å². The van der Waals surface area contributed by atoms with Gasteiger partial charge in [0, 0.05) is 12.0 Å². The minimum atomic E-state index is -0.322. The van der Waals surface area contributed by atoms with E-state index in [9.17, 15) is 5.11 Å². The Balaban J connectivity index is 2.05. The van der Waals surface area contributed by atoms with Crippen molar-refractivity contribution >= 4 is 0 Å². The van der Waals surface area contributed by atoms with Gasteiger partial charge in [0.2, 0.25) is 0 Å². The van der Waals surface area contributed by atoms with Gasteiger partial charge in [0.1, 0.15) is 0 Å². The molecule has 1 saturated heterocycles. The van der Waals surface area contributed by atoms with Crippen LogP contribution in [-0.4, -0.2) is 34.7 Å². The second-order valence-corrected chi connectivity index (χ2v) is 7.19. The summed E-state index contributed by atoms with van der Waals surface area (Å²) in [6.45, 7) is 10.9. The minimum absolute atomic E-state index is 0.150. The fraction of sp³-hybridized carbons (Fsp3) is 0.684. The molecule has 0 aliphatic carbocycles. The van der Waals surface area contributed by atoms with Crippen LogP contribution in [0.15, 0.2) is 18.2 Å². The molecule has 0 amide bonds. The quantitative estimate of drug-likeness (QED) is 0.910. The number of aryl methyl sites for hydroxylation is 2. The van der Waals surface area contributed by atoms with Crippen LogP contribution in [0.5, 0.6) is 0 Å². The first kappa shape index (κ1) is 16.5. The topological polar surface area (TPSA) is 23.5 Å². The van der Waals surface area contributed by atoms with E-state index in [0.29, 0.717) is 0 Å². The highest BCUT2D eigenvalue weighted by molar-refractivity contribution is 5.30. The van der Waals surface area contributed by atoms with Gasteiger partial charge in [-0.3, -0.25) is 4.90 Å². The third-order valence-electron chi connectivity index (χ3n) is 5.24. The van der Waals surface area contributed by atoms with Crippen LogP contribution in [0.4, 0.5) is 0 Å². The Morgan fingerprint density at radius 3 is 2.24 bits per heavy atom. The predicted molar refractivity (Wildman–Crippen MR) is 89.7 cm³/mol. The lowest BCUT2D eigenvalue weighted by atomic mass is 9.89. The zero-order valence-electron chi connectivity index (χ0n) is 14.2. The maximum absolute atomic E-state index is 10.8. The Morgan fingerprint density at radius 1 is 1.05 bits per heavy atom. The third kappa shape index (κ3) is 4.08. The number of likely N-dealkylation sites (tertiary alicyclic amines) is 1. The van der Waals surface area contributed by atoms with Crippen molar-refractivity contribution in [3.05, 3.63) is 34.9 Å². The van der Waals surface area contributed by atoms with Crippen LogP contribution in [-0.2, 0) is 6.42 Å². The first-order chi connectivity index (χ1) is 9.91. The highest BCUT2D eigenvalue weighted by atomic mass is 16.3. The molecular formula is C19H31NO. The van der Waals surface area contributed by atoms with Crippen molar-refractivity contribution in [2.45, 2.75) is 71.4 Å². The SMILES string of the molecule is Cc1ccc(CC(O)C(C)(C)N2CCCCCC2)cc1C. The normalized spacial score (nSPS) is 19.3. The van der Waals surface area contributed by atoms with Crippen LogP contribution in [0.1, 0.15) is 56.2 Å². The van der Waals surface area contributed by atoms with Crippen molar-refractivity contribution in [1.29, 1.82) is 0 Å². The molecule has 1 unspecified atom stereocenters. The number of hydrogen-bond acceptors (Lipinski definition) is 2. The smallest absolute Gasteiger partial charge is 0.0758 e. The summed E-state index contributed by atoms with van der Waals surface area (Å²) < 4.78 is 0. The van der Waals surface area contributed by atoms with E-state index in [-0.39, 0.29) is 11.6 Å². The van der Waals surface area contributed by atoms with Crippen LogP contribution in [0.25, 0.3) is 0 Å². The highest BCUT2D eigenvalue weighted by Crippen LogP contribution is 2.26. The van der Waals surface area contributed by atoms with Crippen molar-refractivity contribution in [3.63, 3.8) is 0 Å². The second-order valence-electron chi connectivity index (χ2n) is 7.19. The molecule has 0 aromatic heterocycles. The number of aliphatic hydroxyl groups excluding tert-OH is 1. The molecule has 1 heterocycles. The van der Waals surface area contributed by atoms with E-state index in [0.717, 1.165) is 19.5 Å². The first-order valence-electron chi connectivity index (χ1n) is 8.40. The number of rotatable bonds is 4. The molecule has 1 N–H and O–H groups in total. The Labute approximate surface area is 130 Å². The Hall–Kier alpha value is -0.860. The summed E-state index contributed by atoms with van der Waals surface area (Å²) in [5.41, 5.74) is 3.73. The minimum Gasteiger partial charge on any atom is -0.391 e. The predicted octanol–water partition coefficient (Wildman–Crippen LogP) is 3.86. The fourth-order valence-corrected chi connectivity index (χ4v) is 3.26. The summed E-state index contributed by atoms with van der Waals surface area (Å²) in [6, 6.07) is 6.54. The van der Waals surface area contributed by atoms with E-state index in [1.807, 2.05) is 0 Å². The van der Waals surface area contributed by atoms with Gasteiger partial charge in [-0.2, -0.15) is 0 Å². The van der Waals surface area contributed by atoms with Crippen LogP contribution in [0.3, 0.4) is 0 Å². The van der Waals surface area contributed by atoms with Gasteiger partial charge in [0.15, 0.2) is 0 Å². The molecule has 118 valence electrons. The molecule has 2 nitrogen and oxygen atoms in total. The maximum atomic E-state index is 10.8. The summed E-state index contributed by atoms with van der Waals surface area (Å²) in [5, 5.41) is 10.8. The molecule has 1 fully saturated rings. The average molecular weight is 289 g/mol. The van der Waals surface area contributed by atoms with Gasteiger partial charge in [-0.1, -0.05) is 31.0 Å². The number of benzene rings is 1. The van der Waals surface area contributed by atoms with E-state index in [1.165, 1.54) is 42.4 Å². The molecule has 0 spiro atoms. The molecule has 2 heteroatoms. The summed E-state index contributed by atoms with van der Waals surface area (Å²) in [7, 11) is 0. The van der Waals surface area contributed by atoms with Gasteiger partial charge < -0.3 is 5.11 Å². The molecule has 1 aliphatic heterocycles. The molecule has 0 saturated carbocycles. The molecule has 21 heavy (non-hydrogen) atoms. The third-order valence-corrected chi connectivity index (χ3v) is 5.24. The van der Waals surface area contributed by atoms with Crippen molar-refractivity contribution < 1.29 is 5.11 Å². The lowest BCUT2D eigenvalue weighted by molar-refractivity contribution is -0.00786. The Bertz CT molecular complexity index is 459. The fourth-order valence-electron chi connectivity index (χ4n) is 3.26. The monoisotopic (exact) mass is 289 g/mol. The molecule has 2 rings (SSSR count). The van der Waals surface area contributed by atoms with E-state index in [4.69, 9.17) is 0 Å². The van der Waals surface area contributed by atoms with E-state index < -0.39 is 0 Å². The molecule has 1 atom stereocenters. The molecule has 1 aliphatic rings. The standard InChI is InChI=1S/C19H31NO/c1-15-9-10-17(13-16(15)2)14-18(21)19(3,4)20-11-7-5-6-8-12-20/h9-10,13,18,21H,5-8,11-12,14H2,1-4H3.